The third kappa shape index (κ3) is 2.64. The molecule has 0 saturated heterocycles. The van der Waals surface area contributed by atoms with Crippen molar-refractivity contribution in [3.63, 3.8) is 0 Å². The van der Waals surface area contributed by atoms with Crippen LogP contribution in [0.25, 0.3) is 11.5 Å². The van der Waals surface area contributed by atoms with Crippen molar-refractivity contribution in [3.8, 4) is 11.5 Å². The second-order valence-corrected chi connectivity index (χ2v) is 3.79. The quantitative estimate of drug-likeness (QED) is 0.845. The van der Waals surface area contributed by atoms with Gasteiger partial charge in [-0.05, 0) is 12.1 Å². The van der Waals surface area contributed by atoms with Gasteiger partial charge in [0, 0.05) is 24.0 Å². The fraction of sp³-hybridized carbons (Fsp3) is 0.364. The number of rotatable bonds is 4. The lowest BCUT2D eigenvalue weighted by Gasteiger charge is -2.03. The maximum Gasteiger partial charge on any atom is 0.258 e. The minimum absolute atomic E-state index is 0.405. The van der Waals surface area contributed by atoms with E-state index in [2.05, 4.69) is 34.3 Å². The lowest BCUT2D eigenvalue weighted by molar-refractivity contribution is 0.417. The third-order valence-corrected chi connectivity index (χ3v) is 2.06. The summed E-state index contributed by atoms with van der Waals surface area (Å²) in [5.41, 5.74) is 0.887. The van der Waals surface area contributed by atoms with Crippen molar-refractivity contribution in [2.45, 2.75) is 26.4 Å². The van der Waals surface area contributed by atoms with Gasteiger partial charge in [-0.3, -0.25) is 4.98 Å². The molecule has 0 saturated carbocycles. The molecule has 0 aliphatic heterocycles. The Morgan fingerprint density at radius 3 is 2.75 bits per heavy atom. The second-order valence-electron chi connectivity index (χ2n) is 3.79. The molecule has 2 rings (SSSR count). The summed E-state index contributed by atoms with van der Waals surface area (Å²) < 4.78 is 5.15. The zero-order chi connectivity index (χ0) is 11.4. The highest BCUT2D eigenvalue weighted by atomic mass is 16.5. The maximum absolute atomic E-state index is 5.15. The minimum Gasteiger partial charge on any atom is -0.334 e. The average molecular weight is 218 g/mol. The molecule has 0 bridgehead atoms. The molecule has 0 aromatic carbocycles. The summed E-state index contributed by atoms with van der Waals surface area (Å²) in [6.07, 6.45) is 3.40. The van der Waals surface area contributed by atoms with Gasteiger partial charge in [0.1, 0.15) is 0 Å². The van der Waals surface area contributed by atoms with Crippen LogP contribution in [-0.2, 0) is 6.54 Å². The Kier molecular flexibility index (Phi) is 3.26. The molecule has 0 amide bonds. The van der Waals surface area contributed by atoms with Gasteiger partial charge in [-0.25, -0.2) is 0 Å². The number of hydrogen-bond donors (Lipinski definition) is 1. The fourth-order valence-corrected chi connectivity index (χ4v) is 1.23. The standard InChI is InChI=1S/C11H14N4O/c1-8(2)13-7-10-14-11(16-15-10)9-3-5-12-6-4-9/h3-6,8,13H,7H2,1-2H3. The van der Waals surface area contributed by atoms with Gasteiger partial charge in [0.25, 0.3) is 5.89 Å². The van der Waals surface area contributed by atoms with Crippen LogP contribution < -0.4 is 5.32 Å². The zero-order valence-electron chi connectivity index (χ0n) is 9.34. The molecule has 0 unspecified atom stereocenters. The van der Waals surface area contributed by atoms with Crippen LogP contribution in [0.5, 0.6) is 0 Å². The summed E-state index contributed by atoms with van der Waals surface area (Å²) in [4.78, 5) is 8.22. The van der Waals surface area contributed by atoms with Gasteiger partial charge < -0.3 is 9.84 Å². The smallest absolute Gasteiger partial charge is 0.258 e. The number of pyridine rings is 1. The SMILES string of the molecule is CC(C)NCc1noc(-c2ccncc2)n1. The number of nitrogens with zero attached hydrogens (tertiary/aromatic N) is 3. The van der Waals surface area contributed by atoms with Crippen LogP contribution in [0.1, 0.15) is 19.7 Å². The summed E-state index contributed by atoms with van der Waals surface area (Å²) in [5.74, 6) is 1.20. The Morgan fingerprint density at radius 2 is 2.06 bits per heavy atom. The van der Waals surface area contributed by atoms with Crippen molar-refractivity contribution >= 4 is 0 Å². The van der Waals surface area contributed by atoms with E-state index in [0.29, 0.717) is 24.3 Å². The lowest BCUT2D eigenvalue weighted by atomic mass is 10.3. The molecule has 0 aliphatic rings. The van der Waals surface area contributed by atoms with Crippen LogP contribution in [0.15, 0.2) is 29.0 Å². The van der Waals surface area contributed by atoms with E-state index < -0.39 is 0 Å². The Morgan fingerprint density at radius 1 is 1.31 bits per heavy atom. The lowest BCUT2D eigenvalue weighted by Crippen LogP contribution is -2.22. The summed E-state index contributed by atoms with van der Waals surface area (Å²) in [6.45, 7) is 4.76. The molecule has 5 heteroatoms. The van der Waals surface area contributed by atoms with E-state index in [1.165, 1.54) is 0 Å². The van der Waals surface area contributed by atoms with E-state index in [0.717, 1.165) is 5.56 Å². The Labute approximate surface area is 93.9 Å². The number of aromatic nitrogens is 3. The molecular formula is C11H14N4O. The monoisotopic (exact) mass is 218 g/mol. The first-order valence-electron chi connectivity index (χ1n) is 5.22. The summed E-state index contributed by atoms with van der Waals surface area (Å²) in [5, 5.41) is 7.12. The molecular weight excluding hydrogens is 204 g/mol. The normalized spacial score (nSPS) is 10.9. The highest BCUT2D eigenvalue weighted by molar-refractivity contribution is 5.50. The van der Waals surface area contributed by atoms with Crippen molar-refractivity contribution in [1.82, 2.24) is 20.4 Å². The van der Waals surface area contributed by atoms with E-state index in [4.69, 9.17) is 4.52 Å². The van der Waals surface area contributed by atoms with Gasteiger partial charge in [0.2, 0.25) is 0 Å². The molecule has 0 fully saturated rings. The first-order chi connectivity index (χ1) is 7.75. The molecule has 0 aliphatic carbocycles. The highest BCUT2D eigenvalue weighted by Gasteiger charge is 2.08. The molecule has 16 heavy (non-hydrogen) atoms. The molecule has 2 aromatic rings. The number of nitrogens with one attached hydrogen (secondary N) is 1. The predicted molar refractivity (Wildman–Crippen MR) is 59.5 cm³/mol. The van der Waals surface area contributed by atoms with Crippen LogP contribution in [0.4, 0.5) is 0 Å². The van der Waals surface area contributed by atoms with Crippen molar-refractivity contribution in [3.05, 3.63) is 30.4 Å². The summed E-state index contributed by atoms with van der Waals surface area (Å²) in [7, 11) is 0. The van der Waals surface area contributed by atoms with Gasteiger partial charge in [0.15, 0.2) is 5.82 Å². The zero-order valence-corrected chi connectivity index (χ0v) is 9.34. The molecule has 0 radical (unpaired) electrons. The van der Waals surface area contributed by atoms with Crippen LogP contribution in [0.3, 0.4) is 0 Å². The third-order valence-electron chi connectivity index (χ3n) is 2.06. The van der Waals surface area contributed by atoms with Gasteiger partial charge in [-0.2, -0.15) is 4.98 Å². The topological polar surface area (TPSA) is 63.8 Å². The predicted octanol–water partition coefficient (Wildman–Crippen LogP) is 1.63. The van der Waals surface area contributed by atoms with Gasteiger partial charge >= 0.3 is 0 Å². The molecule has 0 spiro atoms. The second kappa shape index (κ2) is 4.85. The van der Waals surface area contributed by atoms with E-state index >= 15 is 0 Å². The molecule has 84 valence electrons. The van der Waals surface area contributed by atoms with Crippen LogP contribution >= 0.6 is 0 Å². The highest BCUT2D eigenvalue weighted by Crippen LogP contribution is 2.14. The molecule has 0 atom stereocenters. The van der Waals surface area contributed by atoms with Gasteiger partial charge in [0.05, 0.1) is 6.54 Å². The Bertz CT molecular complexity index is 438. The fourth-order valence-electron chi connectivity index (χ4n) is 1.23. The summed E-state index contributed by atoms with van der Waals surface area (Å²) in [6, 6.07) is 4.09. The van der Waals surface area contributed by atoms with E-state index in [1.807, 2.05) is 12.1 Å². The maximum atomic E-state index is 5.15. The Balaban J connectivity index is 2.08. The Hall–Kier alpha value is -1.75. The van der Waals surface area contributed by atoms with Crippen molar-refractivity contribution in [1.29, 1.82) is 0 Å². The van der Waals surface area contributed by atoms with Crippen LogP contribution in [-0.4, -0.2) is 21.2 Å². The molecule has 5 nitrogen and oxygen atoms in total. The minimum atomic E-state index is 0.405. The van der Waals surface area contributed by atoms with Crippen LogP contribution in [0.2, 0.25) is 0 Å². The largest absolute Gasteiger partial charge is 0.334 e. The van der Waals surface area contributed by atoms with Crippen molar-refractivity contribution in [2.24, 2.45) is 0 Å². The van der Waals surface area contributed by atoms with Crippen LogP contribution in [0, 0.1) is 0 Å². The van der Waals surface area contributed by atoms with E-state index in [-0.39, 0.29) is 0 Å². The van der Waals surface area contributed by atoms with Gasteiger partial charge in [-0.15, -0.1) is 0 Å². The van der Waals surface area contributed by atoms with Crippen molar-refractivity contribution in [2.75, 3.05) is 0 Å². The van der Waals surface area contributed by atoms with Crippen molar-refractivity contribution < 1.29 is 4.52 Å². The van der Waals surface area contributed by atoms with Gasteiger partial charge in [-0.1, -0.05) is 19.0 Å². The van der Waals surface area contributed by atoms with E-state index in [9.17, 15) is 0 Å². The number of hydrogen-bond acceptors (Lipinski definition) is 5. The molecule has 2 aromatic heterocycles. The van der Waals surface area contributed by atoms with E-state index in [1.54, 1.807) is 12.4 Å². The first kappa shape index (κ1) is 10.8. The first-order valence-corrected chi connectivity index (χ1v) is 5.22. The average Bonchev–Trinajstić information content (AvgIpc) is 2.76. The molecule has 2 heterocycles. The molecule has 1 N–H and O–H groups in total. The summed E-state index contributed by atoms with van der Waals surface area (Å²) >= 11 is 0.